The molecular formula is C31H18N2O. The molecule has 34 heavy (non-hydrogen) atoms. The molecule has 3 aromatic heterocycles. The molecule has 0 aliphatic heterocycles. The molecule has 0 saturated carbocycles. The number of rotatable bonds is 1. The van der Waals surface area contributed by atoms with Crippen LogP contribution < -0.4 is 0 Å². The Hall–Kier alpha value is -4.63. The van der Waals surface area contributed by atoms with E-state index in [0.717, 1.165) is 33.1 Å². The third-order valence-corrected chi connectivity index (χ3v) is 7.03. The fourth-order valence-corrected chi connectivity index (χ4v) is 5.60. The first-order valence-corrected chi connectivity index (χ1v) is 11.5. The van der Waals surface area contributed by atoms with Crippen LogP contribution in [-0.4, -0.2) is 9.55 Å². The third kappa shape index (κ3) is 2.23. The Morgan fingerprint density at radius 1 is 0.618 bits per heavy atom. The van der Waals surface area contributed by atoms with Crippen LogP contribution in [0.2, 0.25) is 0 Å². The fraction of sp³-hybridized carbons (Fsp3) is 0. The highest BCUT2D eigenvalue weighted by atomic mass is 16.3. The van der Waals surface area contributed by atoms with Crippen LogP contribution in [0.1, 0.15) is 0 Å². The molecule has 8 aromatic rings. The molecule has 0 bridgehead atoms. The first kappa shape index (κ1) is 17.9. The van der Waals surface area contributed by atoms with Gasteiger partial charge in [-0.3, -0.25) is 4.98 Å². The molecule has 0 aliphatic rings. The van der Waals surface area contributed by atoms with E-state index in [-0.39, 0.29) is 0 Å². The quantitative estimate of drug-likeness (QED) is 0.260. The number of para-hydroxylation sites is 2. The average molecular weight is 434 g/mol. The standard InChI is InChI=1S/C31H18N2O/c1-2-8-23-22(7-1)28-24-9-3-5-11-26(24)33(21-14-13-20-18-32-16-15-19(20)17-21)30(28)31-29(23)25-10-4-6-12-27(25)34-31/h1-18H. The van der Waals surface area contributed by atoms with Gasteiger partial charge in [-0.25, -0.2) is 0 Å². The van der Waals surface area contributed by atoms with E-state index >= 15 is 0 Å². The van der Waals surface area contributed by atoms with Crippen LogP contribution >= 0.6 is 0 Å². The van der Waals surface area contributed by atoms with E-state index in [4.69, 9.17) is 4.42 Å². The summed E-state index contributed by atoms with van der Waals surface area (Å²) in [6.45, 7) is 0. The summed E-state index contributed by atoms with van der Waals surface area (Å²) < 4.78 is 8.98. The highest BCUT2D eigenvalue weighted by Gasteiger charge is 2.22. The van der Waals surface area contributed by atoms with Gasteiger partial charge < -0.3 is 8.98 Å². The second-order valence-corrected chi connectivity index (χ2v) is 8.83. The fourth-order valence-electron chi connectivity index (χ4n) is 5.60. The largest absolute Gasteiger partial charge is 0.454 e. The molecule has 3 heterocycles. The number of nitrogens with zero attached hydrogens (tertiary/aromatic N) is 2. The molecular weight excluding hydrogens is 416 g/mol. The van der Waals surface area contributed by atoms with Crippen LogP contribution in [0.15, 0.2) is 114 Å². The molecule has 3 nitrogen and oxygen atoms in total. The van der Waals surface area contributed by atoms with Crippen LogP contribution in [0.3, 0.4) is 0 Å². The third-order valence-electron chi connectivity index (χ3n) is 7.03. The van der Waals surface area contributed by atoms with E-state index < -0.39 is 0 Å². The monoisotopic (exact) mass is 434 g/mol. The lowest BCUT2D eigenvalue weighted by molar-refractivity contribution is 0.671. The van der Waals surface area contributed by atoms with Gasteiger partial charge in [-0.1, -0.05) is 66.7 Å². The number of furan rings is 1. The summed E-state index contributed by atoms with van der Waals surface area (Å²) in [5.41, 5.74) is 5.24. The average Bonchev–Trinajstić information content (AvgIpc) is 3.45. The maximum atomic E-state index is 6.62. The summed E-state index contributed by atoms with van der Waals surface area (Å²) in [5, 5.41) is 9.55. The normalized spacial score (nSPS) is 12.1. The van der Waals surface area contributed by atoms with E-state index in [9.17, 15) is 0 Å². The second kappa shape index (κ2) is 6.46. The van der Waals surface area contributed by atoms with Gasteiger partial charge in [0, 0.05) is 45.0 Å². The van der Waals surface area contributed by atoms with Gasteiger partial charge in [0.05, 0.1) is 11.0 Å². The Morgan fingerprint density at radius 3 is 2.24 bits per heavy atom. The highest BCUT2D eigenvalue weighted by molar-refractivity contribution is 6.35. The summed E-state index contributed by atoms with van der Waals surface area (Å²) in [6, 6.07) is 34.3. The van der Waals surface area contributed by atoms with E-state index in [0.29, 0.717) is 0 Å². The first-order chi connectivity index (χ1) is 16.9. The molecule has 0 unspecified atom stereocenters. The minimum atomic E-state index is 0.913. The minimum Gasteiger partial charge on any atom is -0.454 e. The molecule has 0 atom stereocenters. The van der Waals surface area contributed by atoms with Crippen molar-refractivity contribution in [2.45, 2.75) is 0 Å². The second-order valence-electron chi connectivity index (χ2n) is 8.83. The zero-order chi connectivity index (χ0) is 22.2. The highest BCUT2D eigenvalue weighted by Crippen LogP contribution is 2.45. The van der Waals surface area contributed by atoms with Crippen LogP contribution in [-0.2, 0) is 0 Å². The van der Waals surface area contributed by atoms with Crippen molar-refractivity contribution in [3.8, 4) is 5.69 Å². The van der Waals surface area contributed by atoms with Crippen molar-refractivity contribution in [3.05, 3.63) is 109 Å². The number of pyridine rings is 1. The van der Waals surface area contributed by atoms with E-state index in [1.807, 2.05) is 18.5 Å². The van der Waals surface area contributed by atoms with Crippen LogP contribution in [0.4, 0.5) is 0 Å². The van der Waals surface area contributed by atoms with Crippen LogP contribution in [0, 0.1) is 0 Å². The molecule has 0 amide bonds. The molecule has 0 saturated heterocycles. The molecule has 158 valence electrons. The zero-order valence-corrected chi connectivity index (χ0v) is 18.2. The molecule has 0 N–H and O–H groups in total. The van der Waals surface area contributed by atoms with Crippen molar-refractivity contribution in [2.75, 3.05) is 0 Å². The topological polar surface area (TPSA) is 31.0 Å². The molecule has 5 aromatic carbocycles. The lowest BCUT2D eigenvalue weighted by Crippen LogP contribution is -1.94. The maximum absolute atomic E-state index is 6.62. The van der Waals surface area contributed by atoms with E-state index in [2.05, 4.69) is 101 Å². The van der Waals surface area contributed by atoms with Gasteiger partial charge in [-0.2, -0.15) is 0 Å². The number of benzene rings is 5. The van der Waals surface area contributed by atoms with Crippen molar-refractivity contribution in [3.63, 3.8) is 0 Å². The van der Waals surface area contributed by atoms with Gasteiger partial charge in [-0.15, -0.1) is 0 Å². The Labute approximate surface area is 194 Å². The predicted molar refractivity (Wildman–Crippen MR) is 141 cm³/mol. The smallest absolute Gasteiger partial charge is 0.160 e. The number of hydrogen-bond donors (Lipinski definition) is 0. The van der Waals surface area contributed by atoms with Crippen molar-refractivity contribution in [2.24, 2.45) is 0 Å². The Kier molecular flexibility index (Phi) is 3.39. The van der Waals surface area contributed by atoms with Gasteiger partial charge in [0.25, 0.3) is 0 Å². The molecule has 0 aliphatic carbocycles. The number of aromatic nitrogens is 2. The molecule has 0 fully saturated rings. The summed E-state index contributed by atoms with van der Waals surface area (Å²) in [6.07, 6.45) is 3.76. The van der Waals surface area contributed by atoms with Crippen molar-refractivity contribution >= 4 is 65.3 Å². The van der Waals surface area contributed by atoms with Crippen molar-refractivity contribution in [1.82, 2.24) is 9.55 Å². The summed E-state index contributed by atoms with van der Waals surface area (Å²) in [7, 11) is 0. The first-order valence-electron chi connectivity index (χ1n) is 11.5. The summed E-state index contributed by atoms with van der Waals surface area (Å²) in [4.78, 5) is 4.28. The SMILES string of the molecule is c1ccc2c(c1)oc1c2c2ccccc2c2c3ccccc3n(-c3ccc4cnccc4c3)c12. The lowest BCUT2D eigenvalue weighted by atomic mass is 9.99. The van der Waals surface area contributed by atoms with Gasteiger partial charge in [0.1, 0.15) is 5.58 Å². The Balaban J connectivity index is 1.69. The Morgan fingerprint density at radius 2 is 1.35 bits per heavy atom. The van der Waals surface area contributed by atoms with Crippen molar-refractivity contribution in [1.29, 1.82) is 0 Å². The van der Waals surface area contributed by atoms with Gasteiger partial charge >= 0.3 is 0 Å². The van der Waals surface area contributed by atoms with Crippen molar-refractivity contribution < 1.29 is 4.42 Å². The van der Waals surface area contributed by atoms with Gasteiger partial charge in [-0.05, 0) is 46.5 Å². The predicted octanol–water partition coefficient (Wildman–Crippen LogP) is 8.38. The maximum Gasteiger partial charge on any atom is 0.160 e. The van der Waals surface area contributed by atoms with Crippen LogP contribution in [0.25, 0.3) is 71.0 Å². The number of fused-ring (bicyclic) bond motifs is 11. The van der Waals surface area contributed by atoms with Crippen LogP contribution in [0.5, 0.6) is 0 Å². The van der Waals surface area contributed by atoms with Gasteiger partial charge in [0.15, 0.2) is 5.58 Å². The summed E-state index contributed by atoms with van der Waals surface area (Å²) in [5.74, 6) is 0. The molecule has 0 radical (unpaired) electrons. The molecule has 3 heteroatoms. The minimum absolute atomic E-state index is 0.913. The Bertz CT molecular complexity index is 2080. The molecule has 0 spiro atoms. The van der Waals surface area contributed by atoms with E-state index in [1.54, 1.807) is 0 Å². The lowest BCUT2D eigenvalue weighted by Gasteiger charge is -2.10. The molecule has 8 rings (SSSR count). The van der Waals surface area contributed by atoms with E-state index in [1.165, 1.54) is 37.8 Å². The summed E-state index contributed by atoms with van der Waals surface area (Å²) >= 11 is 0. The number of hydrogen-bond acceptors (Lipinski definition) is 2. The zero-order valence-electron chi connectivity index (χ0n) is 18.2. The van der Waals surface area contributed by atoms with Gasteiger partial charge in [0.2, 0.25) is 0 Å².